The Morgan fingerprint density at radius 1 is 0.881 bits per heavy atom. The van der Waals surface area contributed by atoms with E-state index in [1.54, 1.807) is 38.4 Å². The second-order valence-corrected chi connectivity index (χ2v) is 11.2. The first-order chi connectivity index (χ1) is 20.0. The maximum atomic E-state index is 13.7. The monoisotopic (exact) mass is 575 g/mol. The molecule has 3 heterocycles. The molecule has 42 heavy (non-hydrogen) atoms. The predicted molar refractivity (Wildman–Crippen MR) is 153 cm³/mol. The highest BCUT2D eigenvalue weighted by Crippen LogP contribution is 2.29. The van der Waals surface area contributed by atoms with E-state index in [9.17, 15) is 19.2 Å². The number of amides is 3. The van der Waals surface area contributed by atoms with Gasteiger partial charge in [-0.1, -0.05) is 49.3 Å². The van der Waals surface area contributed by atoms with Crippen molar-refractivity contribution >= 4 is 23.5 Å². The molecule has 1 aliphatic heterocycles. The summed E-state index contributed by atoms with van der Waals surface area (Å²) in [7, 11) is 0. The summed E-state index contributed by atoms with van der Waals surface area (Å²) in [5.41, 5.74) is 0.690. The third-order valence-corrected chi connectivity index (χ3v) is 7.03. The van der Waals surface area contributed by atoms with Crippen molar-refractivity contribution in [3.05, 3.63) is 83.5 Å². The van der Waals surface area contributed by atoms with E-state index in [4.69, 9.17) is 9.26 Å². The van der Waals surface area contributed by atoms with Crippen LogP contribution in [0.5, 0.6) is 0 Å². The van der Waals surface area contributed by atoms with Crippen molar-refractivity contribution in [2.75, 3.05) is 6.61 Å². The average molecular weight is 576 g/mol. The molecule has 0 aliphatic carbocycles. The molecule has 11 nitrogen and oxygen atoms in total. The van der Waals surface area contributed by atoms with Gasteiger partial charge in [-0.15, -0.1) is 0 Å². The number of hydrogen-bond acceptors (Lipinski definition) is 8. The number of carbonyl (C=O) groups is 4. The van der Waals surface area contributed by atoms with Gasteiger partial charge in [0, 0.05) is 31.3 Å². The average Bonchev–Trinajstić information content (AvgIpc) is 3.57. The second kappa shape index (κ2) is 13.5. The minimum absolute atomic E-state index is 0.0319. The number of benzene rings is 1. The Balaban J connectivity index is 1.56. The summed E-state index contributed by atoms with van der Waals surface area (Å²) in [4.78, 5) is 57.6. The summed E-state index contributed by atoms with van der Waals surface area (Å²) in [6, 6.07) is 11.3. The van der Waals surface area contributed by atoms with E-state index < -0.39 is 41.4 Å². The Morgan fingerprint density at radius 3 is 2.00 bits per heavy atom. The number of pyridine rings is 1. The molecule has 4 atom stereocenters. The zero-order valence-corrected chi connectivity index (χ0v) is 24.3. The number of aromatic nitrogens is 2. The number of nitrogens with one attached hydrogen (secondary N) is 3. The lowest BCUT2D eigenvalue weighted by atomic mass is 9.93. The van der Waals surface area contributed by atoms with E-state index >= 15 is 0 Å². The fraction of sp³-hybridized carbons (Fsp3) is 0.419. The maximum Gasteiger partial charge on any atom is 0.274 e. The number of Topliss-reactive ketones (excluding diaryl/α,β-unsaturated/α-hetero) is 1. The third-order valence-electron chi connectivity index (χ3n) is 7.03. The Labute approximate surface area is 244 Å². The van der Waals surface area contributed by atoms with Crippen LogP contribution >= 0.6 is 0 Å². The molecule has 0 saturated carbocycles. The Morgan fingerprint density at radius 2 is 1.45 bits per heavy atom. The van der Waals surface area contributed by atoms with E-state index in [0.717, 1.165) is 11.1 Å². The summed E-state index contributed by atoms with van der Waals surface area (Å²) < 4.78 is 10.4. The molecule has 0 radical (unpaired) electrons. The van der Waals surface area contributed by atoms with Gasteiger partial charge in [-0.3, -0.25) is 24.2 Å². The van der Waals surface area contributed by atoms with Gasteiger partial charge in [0.15, 0.2) is 11.5 Å². The lowest BCUT2D eigenvalue weighted by Gasteiger charge is -2.26. The molecule has 1 saturated heterocycles. The van der Waals surface area contributed by atoms with Crippen molar-refractivity contribution in [1.29, 1.82) is 0 Å². The van der Waals surface area contributed by atoms with Crippen molar-refractivity contribution < 1.29 is 28.4 Å². The summed E-state index contributed by atoms with van der Waals surface area (Å²) in [5, 5.41) is 12.2. The van der Waals surface area contributed by atoms with Gasteiger partial charge in [0.25, 0.3) is 5.91 Å². The van der Waals surface area contributed by atoms with Gasteiger partial charge in [0.1, 0.15) is 23.4 Å². The van der Waals surface area contributed by atoms with Crippen molar-refractivity contribution in [2.45, 2.75) is 70.7 Å². The van der Waals surface area contributed by atoms with Crippen LogP contribution < -0.4 is 16.0 Å². The molecule has 2 aromatic heterocycles. The van der Waals surface area contributed by atoms with E-state index in [0.29, 0.717) is 18.8 Å². The summed E-state index contributed by atoms with van der Waals surface area (Å²) in [6.45, 7) is 7.61. The van der Waals surface area contributed by atoms with Gasteiger partial charge in [0.2, 0.25) is 11.8 Å². The van der Waals surface area contributed by atoms with Gasteiger partial charge >= 0.3 is 0 Å². The van der Waals surface area contributed by atoms with Crippen LogP contribution in [-0.2, 0) is 32.0 Å². The molecular weight excluding hydrogens is 538 g/mol. The molecule has 4 rings (SSSR count). The van der Waals surface area contributed by atoms with Crippen LogP contribution in [-0.4, -0.2) is 64.0 Å². The first-order valence-corrected chi connectivity index (χ1v) is 14.0. The molecule has 3 aromatic rings. The van der Waals surface area contributed by atoms with Crippen molar-refractivity contribution in [2.24, 2.45) is 5.92 Å². The Hall–Kier alpha value is -4.38. The molecule has 1 aromatic carbocycles. The summed E-state index contributed by atoms with van der Waals surface area (Å²) in [5.74, 6) is -1.28. The van der Waals surface area contributed by atoms with Gasteiger partial charge in [0.05, 0.1) is 12.6 Å². The van der Waals surface area contributed by atoms with Gasteiger partial charge in [-0.2, -0.15) is 0 Å². The van der Waals surface area contributed by atoms with Crippen LogP contribution in [0.2, 0.25) is 0 Å². The fourth-order valence-electron chi connectivity index (χ4n) is 4.60. The number of ketones is 1. The number of ether oxygens (including phenoxy) is 1. The molecule has 1 aliphatic rings. The largest absolute Gasteiger partial charge is 0.361 e. The quantitative estimate of drug-likeness (QED) is 0.247. The van der Waals surface area contributed by atoms with E-state index in [2.05, 4.69) is 26.1 Å². The van der Waals surface area contributed by atoms with Gasteiger partial charge in [-0.25, -0.2) is 0 Å². The zero-order valence-electron chi connectivity index (χ0n) is 24.3. The van der Waals surface area contributed by atoms with Crippen LogP contribution in [0.15, 0.2) is 65.4 Å². The van der Waals surface area contributed by atoms with E-state index in [-0.39, 0.29) is 30.2 Å². The van der Waals surface area contributed by atoms with Gasteiger partial charge in [-0.05, 0) is 49.4 Å². The van der Waals surface area contributed by atoms with Crippen molar-refractivity contribution in [3.63, 3.8) is 0 Å². The van der Waals surface area contributed by atoms with Crippen LogP contribution in [0.4, 0.5) is 0 Å². The van der Waals surface area contributed by atoms with E-state index in [1.165, 1.54) is 6.07 Å². The summed E-state index contributed by atoms with van der Waals surface area (Å²) >= 11 is 0. The highest BCUT2D eigenvalue weighted by atomic mass is 16.6. The van der Waals surface area contributed by atoms with Gasteiger partial charge < -0.3 is 25.2 Å². The Kier molecular flexibility index (Phi) is 9.84. The molecule has 11 heteroatoms. The molecule has 3 amide bonds. The number of carbonyl (C=O) groups excluding carboxylic acids is 4. The van der Waals surface area contributed by atoms with Crippen molar-refractivity contribution in [3.8, 4) is 0 Å². The molecule has 0 bridgehead atoms. The minimum atomic E-state index is -1.05. The molecular formula is C31H37N5O6. The first kappa shape index (κ1) is 30.6. The van der Waals surface area contributed by atoms with Crippen molar-refractivity contribution in [1.82, 2.24) is 26.1 Å². The smallest absolute Gasteiger partial charge is 0.274 e. The SMILES string of the molecule is Cc1cc(C(=O)N[C@@H](Cc2ccncc2)C(=O)N[C@@H](Cc2ccccc2)C(=O)N[C@@H](CC(C)C)C(=O)[C@@]2(C)CO2)no1. The predicted octanol–water partition coefficient (Wildman–Crippen LogP) is 2.34. The topological polar surface area (TPSA) is 156 Å². The van der Waals surface area contributed by atoms with Crippen LogP contribution in [0.3, 0.4) is 0 Å². The number of rotatable bonds is 14. The number of nitrogens with zero attached hydrogens (tertiary/aromatic N) is 2. The first-order valence-electron chi connectivity index (χ1n) is 14.0. The second-order valence-electron chi connectivity index (χ2n) is 11.2. The molecule has 1 fully saturated rings. The van der Waals surface area contributed by atoms with E-state index in [1.807, 2.05) is 44.2 Å². The third kappa shape index (κ3) is 8.32. The maximum absolute atomic E-state index is 13.7. The lowest BCUT2D eigenvalue weighted by Crippen LogP contribution is -2.57. The Bertz CT molecular complexity index is 1390. The highest BCUT2D eigenvalue weighted by Gasteiger charge is 2.50. The normalized spacial score (nSPS) is 18.0. The number of hydrogen-bond donors (Lipinski definition) is 3. The molecule has 3 N–H and O–H groups in total. The van der Waals surface area contributed by atoms with Crippen LogP contribution in [0.1, 0.15) is 54.6 Å². The number of aryl methyl sites for hydroxylation is 1. The number of epoxide rings is 1. The minimum Gasteiger partial charge on any atom is -0.361 e. The molecule has 0 unspecified atom stereocenters. The summed E-state index contributed by atoms with van der Waals surface area (Å²) in [6.07, 6.45) is 3.92. The lowest BCUT2D eigenvalue weighted by molar-refractivity contribution is -0.133. The molecule has 0 spiro atoms. The highest BCUT2D eigenvalue weighted by molar-refractivity contribution is 5.99. The zero-order chi connectivity index (χ0) is 30.3. The standard InChI is InChI=1S/C31H37N5O6/c1-19(2)14-23(27(37)31(4)18-41-31)33-28(38)24(16-21-8-6-5-7-9-21)34-29(39)25(17-22-10-12-32-13-11-22)35-30(40)26-15-20(3)42-36-26/h5-13,15,19,23-25H,14,16-18H2,1-4H3,(H,33,38)(H,34,39)(H,35,40)/t23-,24-,25-,31+/m0/s1. The molecule has 222 valence electrons. The fourth-order valence-corrected chi connectivity index (χ4v) is 4.60. The van der Waals surface area contributed by atoms with Crippen LogP contribution in [0.25, 0.3) is 0 Å². The van der Waals surface area contributed by atoms with Crippen LogP contribution in [0, 0.1) is 12.8 Å².